The van der Waals surface area contributed by atoms with Crippen molar-refractivity contribution >= 4 is 159 Å². The molecule has 0 aliphatic heterocycles. The van der Waals surface area contributed by atoms with Gasteiger partial charge in [0.1, 0.15) is 0 Å². The molecule has 0 saturated carbocycles. The molecule has 0 aliphatic carbocycles. The number of nitrogens with zero attached hydrogens (tertiary/aromatic N) is 4. The standard InChI is InChI=1S/C112H66N4O2S3/c1-63-21-43-85-93(53-63)105(79-15-7-5-13-77(79)101(85)71-33-25-67(59-113)26-34-71)75-41-47-89-99(57-75)119-97-51-49-91(107-83-19-11-9-17-81(83)103(73-37-29-69(61-115)30-38-73)87-45-23-65(3)55-95(87)107)111(109(89)97)121(117,118)112-92(108-84-20-12-10-18-82(84)104(74-39-31-70(62-116)32-40-74)88-46-24-66(4)56-96(88)108)50-52-98-110(112)90-48-42-76(58-100(90)120-98)106-80-16-8-6-14-78(80)102(72-35-27-68(60-114)28-36-72)86-44-22-64(2)54-94(86)106/h5-58H,1-4H3. The number of fused-ring (bicyclic) bond motifs is 14. The third-order valence-corrected chi connectivity index (χ3v) is 28.9. The minimum Gasteiger partial charge on any atom is -0.218 e. The Labute approximate surface area is 706 Å². The van der Waals surface area contributed by atoms with Crippen molar-refractivity contribution in [1.29, 1.82) is 21.0 Å². The van der Waals surface area contributed by atoms with Crippen molar-refractivity contribution in [2.75, 3.05) is 0 Å². The lowest BCUT2D eigenvalue weighted by molar-refractivity contribution is 0.598. The second-order valence-electron chi connectivity index (χ2n) is 31.9. The van der Waals surface area contributed by atoms with Gasteiger partial charge in [-0.1, -0.05) is 277 Å². The molecule has 2 heterocycles. The summed E-state index contributed by atoms with van der Waals surface area (Å²) in [6.07, 6.45) is 0. The minimum atomic E-state index is -4.91. The van der Waals surface area contributed by atoms with Crippen LogP contribution in [-0.4, -0.2) is 8.42 Å². The van der Waals surface area contributed by atoms with Gasteiger partial charge in [0.15, 0.2) is 0 Å². The molecule has 0 atom stereocenters. The lowest BCUT2D eigenvalue weighted by Crippen LogP contribution is -2.08. The molecule has 0 saturated heterocycles. The van der Waals surface area contributed by atoms with Crippen LogP contribution in [0.2, 0.25) is 0 Å². The van der Waals surface area contributed by atoms with Crippen LogP contribution < -0.4 is 0 Å². The Morgan fingerprint density at radius 3 is 0.702 bits per heavy atom. The Kier molecular flexibility index (Phi) is 16.7. The Balaban J connectivity index is 0.876. The van der Waals surface area contributed by atoms with Crippen LogP contribution in [0.3, 0.4) is 0 Å². The van der Waals surface area contributed by atoms with Gasteiger partial charge < -0.3 is 0 Å². The number of aryl methyl sites for hydroxylation is 4. The number of thiophene rings is 2. The summed E-state index contributed by atoms with van der Waals surface area (Å²) >= 11 is 3.21. The lowest BCUT2D eigenvalue weighted by atomic mass is 9.84. The average Bonchev–Trinajstić information content (AvgIpc) is 1.59. The van der Waals surface area contributed by atoms with E-state index in [9.17, 15) is 21.0 Å². The maximum absolute atomic E-state index is 19.2. The quantitative estimate of drug-likeness (QED) is 0.125. The van der Waals surface area contributed by atoms with E-state index in [1.54, 1.807) is 22.7 Å². The third-order valence-electron chi connectivity index (χ3n) is 24.8. The van der Waals surface area contributed by atoms with Gasteiger partial charge in [0.2, 0.25) is 9.84 Å². The summed E-state index contributed by atoms with van der Waals surface area (Å²) in [7, 11) is -4.91. The number of benzene rings is 20. The van der Waals surface area contributed by atoms with E-state index in [-0.39, 0.29) is 9.79 Å². The molecule has 2 aromatic heterocycles. The summed E-state index contributed by atoms with van der Waals surface area (Å²) in [5.74, 6) is 0. The fourth-order valence-corrected chi connectivity index (χ4v) is 24.0. The predicted octanol–water partition coefficient (Wildman–Crippen LogP) is 30.5. The molecule has 0 unspecified atom stereocenters. The smallest absolute Gasteiger partial charge is 0.209 e. The monoisotopic (exact) mass is 1590 g/mol. The van der Waals surface area contributed by atoms with Crippen molar-refractivity contribution in [2.45, 2.75) is 37.5 Å². The first kappa shape index (κ1) is 72.3. The molecule has 20 aromatic carbocycles. The summed E-state index contributed by atoms with van der Waals surface area (Å²) in [6.45, 7) is 8.46. The van der Waals surface area contributed by atoms with E-state index in [2.05, 4.69) is 282 Å². The highest BCUT2D eigenvalue weighted by Crippen LogP contribution is 2.57. The van der Waals surface area contributed by atoms with Crippen LogP contribution in [0.4, 0.5) is 0 Å². The highest BCUT2D eigenvalue weighted by Gasteiger charge is 2.36. The Morgan fingerprint density at radius 2 is 0.438 bits per heavy atom. The van der Waals surface area contributed by atoms with Crippen LogP contribution in [-0.2, 0) is 9.84 Å². The third kappa shape index (κ3) is 11.3. The minimum absolute atomic E-state index is 0.195. The molecule has 0 N–H and O–H groups in total. The van der Waals surface area contributed by atoms with Crippen LogP contribution in [0.25, 0.3) is 216 Å². The average molecular weight is 1600 g/mol. The van der Waals surface area contributed by atoms with Crippen molar-refractivity contribution in [3.63, 3.8) is 0 Å². The van der Waals surface area contributed by atoms with Crippen molar-refractivity contribution in [3.8, 4) is 113 Å². The molecule has 22 rings (SSSR count). The van der Waals surface area contributed by atoms with Crippen molar-refractivity contribution < 1.29 is 8.42 Å². The van der Waals surface area contributed by atoms with E-state index >= 15 is 8.42 Å². The molecule has 22 aromatic rings. The van der Waals surface area contributed by atoms with E-state index in [1.807, 2.05) is 97.1 Å². The molecular formula is C112H66N4O2S3. The van der Waals surface area contributed by atoms with Crippen LogP contribution in [0, 0.1) is 73.0 Å². The fraction of sp³-hybridized carbons (Fsp3) is 0.0357. The van der Waals surface area contributed by atoms with E-state index in [0.29, 0.717) is 44.2 Å². The van der Waals surface area contributed by atoms with Gasteiger partial charge >= 0.3 is 0 Å². The molecule has 0 radical (unpaired) electrons. The van der Waals surface area contributed by atoms with E-state index in [0.717, 1.165) is 216 Å². The SMILES string of the molecule is Cc1ccc2c(-c3ccc(C#N)cc3)c3ccccc3c(-c3ccc4c(c3)sc3ccc(-c5c6ccccc6c(-c6ccc(C#N)cc6)c6ccc(C)cc56)c(S(=O)(=O)c5c(-c6c7ccccc7c(-c7ccc(C#N)cc7)c7ccc(C)cc67)ccc6sc7cc(-c8c9ccccc9c(-c9ccc(C#N)cc9)c9ccc(C)cc89)ccc7c56)c34)c2c1. The molecular weight excluding hydrogens is 1530 g/mol. The van der Waals surface area contributed by atoms with E-state index in [4.69, 9.17) is 0 Å². The fourth-order valence-electron chi connectivity index (χ4n) is 19.5. The zero-order chi connectivity index (χ0) is 81.8. The summed E-state index contributed by atoms with van der Waals surface area (Å²) in [5.41, 5.74) is 21.3. The maximum Gasteiger partial charge on any atom is 0.209 e. The van der Waals surface area contributed by atoms with Gasteiger partial charge in [0.05, 0.1) is 56.3 Å². The largest absolute Gasteiger partial charge is 0.218 e. The van der Waals surface area contributed by atoms with Gasteiger partial charge in [-0.2, -0.15) is 21.0 Å². The summed E-state index contributed by atoms with van der Waals surface area (Å²) in [5, 5.41) is 58.8. The van der Waals surface area contributed by atoms with E-state index in [1.165, 1.54) is 0 Å². The molecule has 0 spiro atoms. The number of rotatable bonds is 10. The van der Waals surface area contributed by atoms with E-state index < -0.39 is 9.84 Å². The number of hydrogen-bond donors (Lipinski definition) is 0. The Morgan fingerprint density at radius 1 is 0.215 bits per heavy atom. The predicted molar refractivity (Wildman–Crippen MR) is 505 cm³/mol. The molecule has 0 aliphatic rings. The highest BCUT2D eigenvalue weighted by atomic mass is 32.2. The Hall–Kier alpha value is -15.2. The second kappa shape index (κ2) is 28.0. The zero-order valence-electron chi connectivity index (χ0n) is 66.0. The molecule has 0 fully saturated rings. The van der Waals surface area contributed by atoms with Gasteiger partial charge in [0, 0.05) is 51.5 Å². The van der Waals surface area contributed by atoms with Gasteiger partial charge in [0.25, 0.3) is 0 Å². The Bertz CT molecular complexity index is 8170. The van der Waals surface area contributed by atoms with Gasteiger partial charge in [-0.15, -0.1) is 22.7 Å². The maximum atomic E-state index is 19.2. The number of hydrogen-bond acceptors (Lipinski definition) is 8. The number of nitriles is 4. The van der Waals surface area contributed by atoms with Crippen LogP contribution >= 0.6 is 22.7 Å². The highest BCUT2D eigenvalue weighted by molar-refractivity contribution is 7.92. The van der Waals surface area contributed by atoms with Gasteiger partial charge in [-0.25, -0.2) is 8.42 Å². The molecule has 121 heavy (non-hydrogen) atoms. The first-order valence-electron chi connectivity index (χ1n) is 40.3. The summed E-state index contributed by atoms with van der Waals surface area (Å²) < 4.78 is 41.9. The lowest BCUT2D eigenvalue weighted by Gasteiger charge is -2.23. The number of sulfone groups is 1. The molecule has 0 bridgehead atoms. The summed E-state index contributed by atoms with van der Waals surface area (Å²) in [4.78, 5) is 0.390. The van der Waals surface area contributed by atoms with Crippen molar-refractivity contribution in [3.05, 3.63) is 372 Å². The molecule has 564 valence electrons. The summed E-state index contributed by atoms with van der Waals surface area (Å²) in [6, 6.07) is 123. The van der Waals surface area contributed by atoms with Gasteiger partial charge in [-0.3, -0.25) is 0 Å². The van der Waals surface area contributed by atoms with Gasteiger partial charge in [-0.05, 0) is 265 Å². The second-order valence-corrected chi connectivity index (χ2v) is 35.9. The zero-order valence-corrected chi connectivity index (χ0v) is 68.5. The normalized spacial score (nSPS) is 11.8. The first-order chi connectivity index (χ1) is 59.2. The van der Waals surface area contributed by atoms with Crippen LogP contribution in [0.5, 0.6) is 0 Å². The van der Waals surface area contributed by atoms with Crippen molar-refractivity contribution in [1.82, 2.24) is 0 Å². The topological polar surface area (TPSA) is 129 Å². The molecule has 0 amide bonds. The molecule has 9 heteroatoms. The molecule has 6 nitrogen and oxygen atoms in total. The van der Waals surface area contributed by atoms with Crippen molar-refractivity contribution in [2.24, 2.45) is 0 Å². The van der Waals surface area contributed by atoms with Crippen LogP contribution in [0.15, 0.2) is 337 Å². The first-order valence-corrected chi connectivity index (χ1v) is 43.4. The van der Waals surface area contributed by atoms with Crippen LogP contribution in [0.1, 0.15) is 44.5 Å².